The van der Waals surface area contributed by atoms with E-state index in [9.17, 15) is 4.79 Å². The lowest BCUT2D eigenvalue weighted by molar-refractivity contribution is -0.147. The molecule has 1 aromatic carbocycles. The summed E-state index contributed by atoms with van der Waals surface area (Å²) >= 11 is 0. The molecular formula is C16H25NO4. The first-order chi connectivity index (χ1) is 10.1. The van der Waals surface area contributed by atoms with Crippen molar-refractivity contribution in [2.75, 3.05) is 26.4 Å². The van der Waals surface area contributed by atoms with E-state index in [2.05, 4.69) is 5.32 Å². The number of nitrogens with one attached hydrogen (secondary N) is 1. The Morgan fingerprint density at radius 1 is 1.19 bits per heavy atom. The Morgan fingerprint density at radius 3 is 2.52 bits per heavy atom. The van der Waals surface area contributed by atoms with Crippen molar-refractivity contribution in [1.29, 1.82) is 0 Å². The average Bonchev–Trinajstić information content (AvgIpc) is 2.46. The molecule has 0 radical (unpaired) electrons. The summed E-state index contributed by atoms with van der Waals surface area (Å²) < 4.78 is 16.0. The molecule has 1 N–H and O–H groups in total. The fourth-order valence-corrected chi connectivity index (χ4v) is 1.77. The van der Waals surface area contributed by atoms with E-state index in [1.807, 2.05) is 44.2 Å². The Kier molecular flexibility index (Phi) is 8.47. The van der Waals surface area contributed by atoms with E-state index in [0.717, 1.165) is 5.75 Å². The third-order valence-electron chi connectivity index (χ3n) is 2.63. The monoisotopic (exact) mass is 295 g/mol. The van der Waals surface area contributed by atoms with Crippen molar-refractivity contribution in [2.24, 2.45) is 0 Å². The Balaban J connectivity index is 2.24. The quantitative estimate of drug-likeness (QED) is 0.528. The molecule has 0 saturated carbocycles. The van der Waals surface area contributed by atoms with Crippen LogP contribution in [-0.4, -0.2) is 44.5 Å². The number of benzene rings is 1. The minimum atomic E-state index is -0.443. The standard InChI is InChI=1S/C16H25NO4/c1-4-20-16(18)15(17-13(2)3)12-19-10-11-21-14-8-6-5-7-9-14/h5-9,13,15,17H,4,10-12H2,1-3H3. The summed E-state index contributed by atoms with van der Waals surface area (Å²) in [5.41, 5.74) is 0. The number of esters is 1. The van der Waals surface area contributed by atoms with Crippen molar-refractivity contribution in [3.8, 4) is 5.75 Å². The van der Waals surface area contributed by atoms with E-state index in [1.54, 1.807) is 6.92 Å². The van der Waals surface area contributed by atoms with Gasteiger partial charge in [0.15, 0.2) is 0 Å². The van der Waals surface area contributed by atoms with Gasteiger partial charge in [-0.1, -0.05) is 32.0 Å². The molecule has 21 heavy (non-hydrogen) atoms. The molecule has 0 bridgehead atoms. The minimum Gasteiger partial charge on any atom is -0.491 e. The van der Waals surface area contributed by atoms with Crippen molar-refractivity contribution in [2.45, 2.75) is 32.9 Å². The number of rotatable bonds is 10. The zero-order valence-corrected chi connectivity index (χ0v) is 13.0. The third kappa shape index (κ3) is 7.68. The molecule has 0 aliphatic rings. The van der Waals surface area contributed by atoms with Crippen LogP contribution in [0.3, 0.4) is 0 Å². The van der Waals surface area contributed by atoms with Gasteiger partial charge in [-0.05, 0) is 19.1 Å². The lowest BCUT2D eigenvalue weighted by Crippen LogP contribution is -2.45. The highest BCUT2D eigenvalue weighted by atomic mass is 16.5. The summed E-state index contributed by atoms with van der Waals surface area (Å²) in [5, 5.41) is 3.13. The van der Waals surface area contributed by atoms with Crippen molar-refractivity contribution in [3.05, 3.63) is 30.3 Å². The van der Waals surface area contributed by atoms with Crippen LogP contribution in [0.25, 0.3) is 0 Å². The molecule has 0 heterocycles. The van der Waals surface area contributed by atoms with E-state index in [4.69, 9.17) is 14.2 Å². The molecule has 118 valence electrons. The molecule has 1 atom stereocenters. The second-order valence-corrected chi connectivity index (χ2v) is 4.86. The van der Waals surface area contributed by atoms with E-state index in [1.165, 1.54) is 0 Å². The van der Waals surface area contributed by atoms with Crippen LogP contribution >= 0.6 is 0 Å². The zero-order chi connectivity index (χ0) is 15.5. The predicted octanol–water partition coefficient (Wildman–Crippen LogP) is 2.01. The average molecular weight is 295 g/mol. The van der Waals surface area contributed by atoms with Crippen molar-refractivity contribution < 1.29 is 19.0 Å². The molecule has 0 fully saturated rings. The summed E-state index contributed by atoms with van der Waals surface area (Å²) in [5.74, 6) is 0.526. The number of ether oxygens (including phenoxy) is 3. The van der Waals surface area contributed by atoms with Gasteiger partial charge >= 0.3 is 5.97 Å². The molecule has 0 amide bonds. The lowest BCUT2D eigenvalue weighted by Gasteiger charge is -2.19. The topological polar surface area (TPSA) is 56.8 Å². The van der Waals surface area contributed by atoms with Gasteiger partial charge in [0.05, 0.1) is 19.8 Å². The van der Waals surface area contributed by atoms with E-state index in [0.29, 0.717) is 19.8 Å². The van der Waals surface area contributed by atoms with E-state index >= 15 is 0 Å². The number of hydrogen-bond donors (Lipinski definition) is 1. The summed E-state index contributed by atoms with van der Waals surface area (Å²) in [6.07, 6.45) is 0. The second kappa shape index (κ2) is 10.2. The smallest absolute Gasteiger partial charge is 0.325 e. The highest BCUT2D eigenvalue weighted by Crippen LogP contribution is 2.07. The predicted molar refractivity (Wildman–Crippen MR) is 81.4 cm³/mol. The Bertz CT molecular complexity index is 395. The zero-order valence-electron chi connectivity index (χ0n) is 13.0. The number of hydrogen-bond acceptors (Lipinski definition) is 5. The number of carbonyl (C=O) groups is 1. The first-order valence-electron chi connectivity index (χ1n) is 7.31. The number of para-hydroxylation sites is 1. The van der Waals surface area contributed by atoms with Crippen LogP contribution in [-0.2, 0) is 14.3 Å². The maximum absolute atomic E-state index is 11.8. The van der Waals surface area contributed by atoms with Gasteiger partial charge in [0.25, 0.3) is 0 Å². The van der Waals surface area contributed by atoms with Crippen LogP contribution in [0.2, 0.25) is 0 Å². The van der Waals surface area contributed by atoms with Crippen molar-refractivity contribution >= 4 is 5.97 Å². The Morgan fingerprint density at radius 2 is 1.90 bits per heavy atom. The van der Waals surface area contributed by atoms with E-state index < -0.39 is 6.04 Å². The van der Waals surface area contributed by atoms with Gasteiger partial charge in [0.1, 0.15) is 18.4 Å². The van der Waals surface area contributed by atoms with Crippen LogP contribution in [0, 0.1) is 0 Å². The molecular weight excluding hydrogens is 270 g/mol. The van der Waals surface area contributed by atoms with E-state index in [-0.39, 0.29) is 18.6 Å². The lowest BCUT2D eigenvalue weighted by atomic mass is 10.2. The first-order valence-corrected chi connectivity index (χ1v) is 7.31. The second-order valence-electron chi connectivity index (χ2n) is 4.86. The Labute approximate surface area is 126 Å². The van der Waals surface area contributed by atoms with Gasteiger partial charge in [0.2, 0.25) is 0 Å². The normalized spacial score (nSPS) is 12.2. The largest absolute Gasteiger partial charge is 0.491 e. The molecule has 1 aromatic rings. The van der Waals surface area contributed by atoms with Crippen molar-refractivity contribution in [1.82, 2.24) is 5.32 Å². The summed E-state index contributed by atoms with van der Waals surface area (Å²) in [4.78, 5) is 11.8. The highest BCUT2D eigenvalue weighted by molar-refractivity contribution is 5.75. The third-order valence-corrected chi connectivity index (χ3v) is 2.63. The fraction of sp³-hybridized carbons (Fsp3) is 0.562. The van der Waals surface area contributed by atoms with Crippen molar-refractivity contribution in [3.63, 3.8) is 0 Å². The maximum atomic E-state index is 11.8. The molecule has 0 aliphatic carbocycles. The summed E-state index contributed by atoms with van der Waals surface area (Å²) in [6.45, 7) is 7.25. The molecule has 1 unspecified atom stereocenters. The van der Waals surface area contributed by atoms with Crippen LogP contribution in [0.15, 0.2) is 30.3 Å². The fourth-order valence-electron chi connectivity index (χ4n) is 1.77. The van der Waals surface area contributed by atoms with Gasteiger partial charge in [-0.25, -0.2) is 0 Å². The molecule has 5 heteroatoms. The van der Waals surface area contributed by atoms with Crippen LogP contribution in [0.1, 0.15) is 20.8 Å². The van der Waals surface area contributed by atoms with Crippen LogP contribution < -0.4 is 10.1 Å². The van der Waals surface area contributed by atoms with Gasteiger partial charge in [-0.2, -0.15) is 0 Å². The molecule has 0 saturated heterocycles. The number of carbonyl (C=O) groups excluding carboxylic acids is 1. The SMILES string of the molecule is CCOC(=O)C(COCCOc1ccccc1)NC(C)C. The molecule has 0 spiro atoms. The van der Waals surface area contributed by atoms with Crippen LogP contribution in [0.4, 0.5) is 0 Å². The summed E-state index contributed by atoms with van der Waals surface area (Å²) in [7, 11) is 0. The van der Waals surface area contributed by atoms with Gasteiger partial charge in [0, 0.05) is 6.04 Å². The van der Waals surface area contributed by atoms with Gasteiger partial charge in [-0.15, -0.1) is 0 Å². The highest BCUT2D eigenvalue weighted by Gasteiger charge is 2.20. The maximum Gasteiger partial charge on any atom is 0.325 e. The molecule has 1 rings (SSSR count). The van der Waals surface area contributed by atoms with Gasteiger partial charge < -0.3 is 19.5 Å². The molecule has 0 aliphatic heterocycles. The molecule has 0 aromatic heterocycles. The molecule has 5 nitrogen and oxygen atoms in total. The minimum absolute atomic E-state index is 0.184. The Hall–Kier alpha value is -1.59. The van der Waals surface area contributed by atoms with Gasteiger partial charge in [-0.3, -0.25) is 4.79 Å². The first kappa shape index (κ1) is 17.5. The summed E-state index contributed by atoms with van der Waals surface area (Å²) in [6, 6.07) is 9.29. The van der Waals surface area contributed by atoms with Crippen LogP contribution in [0.5, 0.6) is 5.75 Å².